The van der Waals surface area contributed by atoms with E-state index in [1.807, 2.05) is 0 Å². The summed E-state index contributed by atoms with van der Waals surface area (Å²) in [4.78, 5) is 0. The van der Waals surface area contributed by atoms with Gasteiger partial charge in [0.2, 0.25) is 0 Å². The van der Waals surface area contributed by atoms with Crippen LogP contribution in [0.3, 0.4) is 0 Å². The highest BCUT2D eigenvalue weighted by atomic mass is 28.5. The molecule has 0 bridgehead atoms. The van der Waals surface area contributed by atoms with Crippen molar-refractivity contribution in [1.29, 1.82) is 0 Å². The second-order valence-electron chi connectivity index (χ2n) is 6.76. The molecule has 9 nitrogen and oxygen atoms in total. The SMILES string of the molecule is CO[Si](CC[Si]1(C)O[SiH](C)O[Si](C)(CC[Si](OC)(OC)OC)O1)(OC)OC. The van der Waals surface area contributed by atoms with Gasteiger partial charge in [-0.25, -0.2) is 0 Å². The molecule has 1 heterocycles. The minimum atomic E-state index is -2.67. The Bertz CT molecular complexity index is 399. The van der Waals surface area contributed by atoms with Crippen molar-refractivity contribution in [3.8, 4) is 0 Å². The summed E-state index contributed by atoms with van der Waals surface area (Å²) >= 11 is 0. The highest BCUT2D eigenvalue weighted by molar-refractivity contribution is 6.89. The number of hydrogen-bond acceptors (Lipinski definition) is 9. The van der Waals surface area contributed by atoms with Crippen molar-refractivity contribution >= 4 is 44.0 Å². The molecule has 0 amide bonds. The molecular weight excluding hydrogens is 441 g/mol. The summed E-state index contributed by atoms with van der Waals surface area (Å²) in [6.45, 7) is 6.25. The Kier molecular flexibility index (Phi) is 10.2. The average Bonchev–Trinajstić information content (AvgIpc) is 2.64. The van der Waals surface area contributed by atoms with Crippen molar-refractivity contribution in [2.75, 3.05) is 42.7 Å². The average molecular weight is 477 g/mol. The van der Waals surface area contributed by atoms with Gasteiger partial charge < -0.3 is 38.9 Å². The van der Waals surface area contributed by atoms with Gasteiger partial charge in [-0.2, -0.15) is 0 Å². The van der Waals surface area contributed by atoms with Crippen molar-refractivity contribution in [1.82, 2.24) is 0 Å². The van der Waals surface area contributed by atoms with Crippen LogP contribution < -0.4 is 0 Å². The van der Waals surface area contributed by atoms with Crippen molar-refractivity contribution in [2.45, 2.75) is 43.8 Å². The molecule has 0 aromatic heterocycles. The van der Waals surface area contributed by atoms with Gasteiger partial charge >= 0.3 is 44.0 Å². The maximum Gasteiger partial charge on any atom is 0.500 e. The normalized spacial score (nSPS) is 29.9. The Morgan fingerprint density at radius 1 is 0.667 bits per heavy atom. The zero-order valence-electron chi connectivity index (χ0n) is 18.1. The molecule has 1 aliphatic rings. The summed E-state index contributed by atoms with van der Waals surface area (Å²) in [6, 6.07) is 2.77. The monoisotopic (exact) mass is 476 g/mol. The van der Waals surface area contributed by atoms with E-state index >= 15 is 0 Å². The van der Waals surface area contributed by atoms with Crippen LogP contribution in [-0.2, 0) is 38.9 Å². The minimum absolute atomic E-state index is 0.651. The molecule has 0 N–H and O–H groups in total. The Morgan fingerprint density at radius 3 is 1.22 bits per heavy atom. The topological polar surface area (TPSA) is 83.1 Å². The zero-order chi connectivity index (χ0) is 20.8. The third-order valence-corrected chi connectivity index (χ3v) is 23.8. The summed E-state index contributed by atoms with van der Waals surface area (Å²) in [5.41, 5.74) is 0. The smallest absolute Gasteiger partial charge is 0.418 e. The van der Waals surface area contributed by atoms with Gasteiger partial charge in [0.25, 0.3) is 0 Å². The van der Waals surface area contributed by atoms with Crippen LogP contribution in [0, 0.1) is 0 Å². The molecule has 1 rings (SSSR count). The molecule has 14 heteroatoms. The maximum absolute atomic E-state index is 6.57. The van der Waals surface area contributed by atoms with Crippen LogP contribution >= 0.6 is 0 Å². The van der Waals surface area contributed by atoms with Gasteiger partial charge in [0.05, 0.1) is 0 Å². The third kappa shape index (κ3) is 6.88. The number of hydrogen-bond donors (Lipinski definition) is 0. The van der Waals surface area contributed by atoms with Gasteiger partial charge in [0.15, 0.2) is 0 Å². The molecule has 0 radical (unpaired) electrons. The zero-order valence-corrected chi connectivity index (χ0v) is 23.2. The summed E-state index contributed by atoms with van der Waals surface area (Å²) in [7, 11) is -2.27. The van der Waals surface area contributed by atoms with E-state index in [0.29, 0.717) is 12.1 Å². The minimum Gasteiger partial charge on any atom is -0.418 e. The largest absolute Gasteiger partial charge is 0.500 e. The quantitative estimate of drug-likeness (QED) is 0.391. The molecule has 0 spiro atoms. The summed E-state index contributed by atoms with van der Waals surface area (Å²) in [6.07, 6.45) is 0. The Labute approximate surface area is 169 Å². The summed E-state index contributed by atoms with van der Waals surface area (Å²) < 4.78 is 52.3. The number of rotatable bonds is 12. The molecule has 0 aliphatic carbocycles. The lowest BCUT2D eigenvalue weighted by atomic mass is 10.9. The first kappa shape index (κ1) is 25.8. The van der Waals surface area contributed by atoms with Crippen molar-refractivity contribution in [2.24, 2.45) is 0 Å². The molecule has 1 fully saturated rings. The molecule has 27 heavy (non-hydrogen) atoms. The van der Waals surface area contributed by atoms with Crippen molar-refractivity contribution in [3.63, 3.8) is 0 Å². The van der Waals surface area contributed by atoms with Crippen LogP contribution in [0.2, 0.25) is 43.8 Å². The lowest BCUT2D eigenvalue weighted by molar-refractivity contribution is 0.123. The maximum atomic E-state index is 6.57. The van der Waals surface area contributed by atoms with Gasteiger partial charge in [-0.05, 0) is 31.7 Å². The second-order valence-corrected chi connectivity index (χ2v) is 22.3. The van der Waals surface area contributed by atoms with Gasteiger partial charge in [-0.3, -0.25) is 0 Å². The fraction of sp³-hybridized carbons (Fsp3) is 1.00. The van der Waals surface area contributed by atoms with Gasteiger partial charge in [-0.15, -0.1) is 0 Å². The van der Waals surface area contributed by atoms with Crippen LogP contribution in [-0.4, -0.2) is 86.7 Å². The van der Waals surface area contributed by atoms with E-state index in [0.717, 1.165) is 12.1 Å². The Balaban J connectivity index is 2.84. The summed E-state index contributed by atoms with van der Waals surface area (Å²) in [5, 5.41) is 0. The predicted molar refractivity (Wildman–Crippen MR) is 112 cm³/mol. The molecule has 162 valence electrons. The van der Waals surface area contributed by atoms with Crippen LogP contribution in [0.1, 0.15) is 0 Å². The van der Waals surface area contributed by atoms with E-state index in [1.54, 1.807) is 42.7 Å². The fourth-order valence-electron chi connectivity index (χ4n) is 3.32. The first-order valence-electron chi connectivity index (χ1n) is 8.95. The highest BCUT2D eigenvalue weighted by Gasteiger charge is 2.53. The highest BCUT2D eigenvalue weighted by Crippen LogP contribution is 2.35. The molecule has 1 aliphatic heterocycles. The molecule has 0 aromatic carbocycles. The van der Waals surface area contributed by atoms with Crippen LogP contribution in [0.15, 0.2) is 0 Å². The lowest BCUT2D eigenvalue weighted by Gasteiger charge is -2.46. The van der Waals surface area contributed by atoms with E-state index in [-0.39, 0.29) is 0 Å². The first-order chi connectivity index (χ1) is 12.6. The van der Waals surface area contributed by atoms with Gasteiger partial charge in [0, 0.05) is 54.7 Å². The molecule has 2 atom stereocenters. The van der Waals surface area contributed by atoms with E-state index in [2.05, 4.69) is 19.6 Å². The standard InChI is InChI=1S/C13H36O9Si5/c1-14-26(15-2,16-3)12-10-24(8)20-23(7)21-25(9,22-24)11-13-27(17-4,18-5)19-6/h23H,10-13H2,1-9H3. The predicted octanol–water partition coefficient (Wildman–Crippen LogP) is 1.80. The van der Waals surface area contributed by atoms with Crippen LogP contribution in [0.4, 0.5) is 0 Å². The molecule has 0 saturated carbocycles. The van der Waals surface area contributed by atoms with Crippen molar-refractivity contribution in [3.05, 3.63) is 0 Å². The van der Waals surface area contributed by atoms with Gasteiger partial charge in [0.1, 0.15) is 0 Å². The van der Waals surface area contributed by atoms with E-state index in [4.69, 9.17) is 38.9 Å². The lowest BCUT2D eigenvalue weighted by Crippen LogP contribution is -2.63. The molecular formula is C13H36O9Si5. The van der Waals surface area contributed by atoms with E-state index in [1.165, 1.54) is 0 Å². The third-order valence-electron chi connectivity index (χ3n) is 4.90. The van der Waals surface area contributed by atoms with Crippen molar-refractivity contribution < 1.29 is 38.9 Å². The Hall–Kier alpha value is 0.724. The molecule has 0 aromatic rings. The Morgan fingerprint density at radius 2 is 0.963 bits per heavy atom. The molecule has 2 unspecified atom stereocenters. The van der Waals surface area contributed by atoms with E-state index in [9.17, 15) is 0 Å². The van der Waals surface area contributed by atoms with Gasteiger partial charge in [-0.1, -0.05) is 0 Å². The fourth-order valence-corrected chi connectivity index (χ4v) is 24.5. The second kappa shape index (κ2) is 10.7. The van der Waals surface area contributed by atoms with Crippen LogP contribution in [0.25, 0.3) is 0 Å². The van der Waals surface area contributed by atoms with E-state index < -0.39 is 44.0 Å². The first-order valence-corrected chi connectivity index (χ1v) is 20.0. The summed E-state index contributed by atoms with van der Waals surface area (Å²) in [5.74, 6) is 0. The molecule has 1 saturated heterocycles. The van der Waals surface area contributed by atoms with Crippen LogP contribution in [0.5, 0.6) is 0 Å².